The second kappa shape index (κ2) is 18.9. The number of unbranched alkanes of at least 4 members (excludes halogenated alkanes) is 2. The number of ether oxygens (including phenoxy) is 2. The molecule has 0 unspecified atom stereocenters. The third-order valence-corrected chi connectivity index (χ3v) is 8.44. The Morgan fingerprint density at radius 2 is 1.71 bits per heavy atom. The molecule has 3 rings (SSSR count). The number of carbonyl (C=O) groups excluding carboxylic acids is 3. The molecule has 0 aliphatic carbocycles. The first kappa shape index (κ1) is 33.0. The van der Waals surface area contributed by atoms with Crippen LogP contribution in [0.5, 0.6) is 0 Å². The Labute approximate surface area is 251 Å². The Bertz CT molecular complexity index is 1190. The molecule has 9 nitrogen and oxygen atoms in total. The van der Waals surface area contributed by atoms with Gasteiger partial charge in [0.15, 0.2) is 9.76 Å². The first-order valence-electron chi connectivity index (χ1n) is 15.0. The molecule has 42 heavy (non-hydrogen) atoms. The molecule has 0 fully saturated rings. The Balaban J connectivity index is 1.27. The lowest BCUT2D eigenvalue weighted by atomic mass is 9.96. The quantitative estimate of drug-likeness (QED) is 0.158. The summed E-state index contributed by atoms with van der Waals surface area (Å²) >= 11 is 0. The molecule has 1 aliphatic heterocycles. The lowest BCUT2D eigenvalue weighted by Gasteiger charge is -2.28. The fourth-order valence-electron chi connectivity index (χ4n) is 4.73. The maximum absolute atomic E-state index is 13.4. The molecule has 0 bridgehead atoms. The fourth-order valence-corrected chi connectivity index (χ4v) is 5.68. The van der Waals surface area contributed by atoms with Gasteiger partial charge in [0.25, 0.3) is 0 Å². The fraction of sp³-hybridized carbons (Fsp3) is 0.469. The van der Waals surface area contributed by atoms with Crippen LogP contribution in [0.25, 0.3) is 11.6 Å². The van der Waals surface area contributed by atoms with Crippen LogP contribution in [0.15, 0.2) is 48.5 Å². The molecule has 0 saturated heterocycles. The second-order valence-corrected chi connectivity index (χ2v) is 11.7. The summed E-state index contributed by atoms with van der Waals surface area (Å²) in [7, 11) is -0.476. The minimum absolute atomic E-state index is 0.0161. The van der Waals surface area contributed by atoms with Gasteiger partial charge < -0.3 is 29.4 Å². The number of amides is 2. The van der Waals surface area contributed by atoms with Crippen LogP contribution in [-0.2, 0) is 30.0 Å². The normalized spacial score (nSPS) is 13.9. The molecule has 2 N–H and O–H groups in total. The van der Waals surface area contributed by atoms with Gasteiger partial charge in [-0.1, -0.05) is 55.0 Å². The molecule has 0 aromatic heterocycles. The van der Waals surface area contributed by atoms with Crippen LogP contribution in [0, 0.1) is 0 Å². The van der Waals surface area contributed by atoms with Crippen molar-refractivity contribution >= 4 is 45.1 Å². The number of hydrogen-bond donors (Lipinski definition) is 2. The molecule has 10 heteroatoms. The van der Waals surface area contributed by atoms with Crippen molar-refractivity contribution in [2.75, 3.05) is 44.4 Å². The first-order valence-corrected chi connectivity index (χ1v) is 16.6. The average Bonchev–Trinajstić information content (AvgIpc) is 2.99. The predicted octanol–water partition coefficient (Wildman–Crippen LogP) is 4.44. The smallest absolute Gasteiger partial charge is 0.407 e. The van der Waals surface area contributed by atoms with Crippen LogP contribution in [0.3, 0.4) is 0 Å². The van der Waals surface area contributed by atoms with E-state index < -0.39 is 21.8 Å². The molecule has 2 amide bonds. The molecule has 1 aliphatic rings. The van der Waals surface area contributed by atoms with Crippen molar-refractivity contribution in [3.05, 3.63) is 65.2 Å². The van der Waals surface area contributed by atoms with Gasteiger partial charge in [0.1, 0.15) is 13.2 Å². The van der Waals surface area contributed by atoms with E-state index in [2.05, 4.69) is 41.8 Å². The maximum Gasteiger partial charge on any atom is 0.407 e. The number of rotatable bonds is 17. The lowest BCUT2D eigenvalue weighted by molar-refractivity contribution is -0.143. The topological polar surface area (TPSA) is 106 Å². The summed E-state index contributed by atoms with van der Waals surface area (Å²) in [5.74, 6) is -0.280. The van der Waals surface area contributed by atoms with Gasteiger partial charge in [0.2, 0.25) is 5.91 Å². The molecule has 1 heterocycles. The van der Waals surface area contributed by atoms with Gasteiger partial charge in [-0.2, -0.15) is 0 Å². The molecule has 2 aromatic carbocycles. The number of esters is 1. The number of para-hydroxylation sites is 1. The monoisotopic (exact) mass is 595 g/mol. The number of nitrogens with one attached hydrogen (secondary N) is 2. The number of fused-ring (bicyclic) bond motifs is 2. The summed E-state index contributed by atoms with van der Waals surface area (Å²) in [6.07, 6.45) is 5.51. The largest absolute Gasteiger partial charge is 0.461 e. The Morgan fingerprint density at radius 3 is 2.57 bits per heavy atom. The van der Waals surface area contributed by atoms with Crippen molar-refractivity contribution in [3.8, 4) is 0 Å². The molecule has 2 aromatic rings. The highest BCUT2D eigenvalue weighted by atomic mass is 28.2. The SMILES string of the molecule is CCO[SiH2]CCCNC(=O)OCCOC(=O)CNCCCCCC(=O)N1Cc2ccccc2/C=C(/C)c2ccccc21. The summed E-state index contributed by atoms with van der Waals surface area (Å²) in [6.45, 7) is 6.70. The first-order chi connectivity index (χ1) is 20.5. The molecule has 228 valence electrons. The van der Waals surface area contributed by atoms with E-state index in [1.54, 1.807) is 0 Å². The summed E-state index contributed by atoms with van der Waals surface area (Å²) in [5, 5.41) is 5.75. The van der Waals surface area contributed by atoms with Gasteiger partial charge in [0, 0.05) is 25.1 Å². The summed E-state index contributed by atoms with van der Waals surface area (Å²) in [5.41, 5.74) is 5.45. The lowest BCUT2D eigenvalue weighted by Crippen LogP contribution is -2.31. The van der Waals surface area contributed by atoms with Gasteiger partial charge in [-0.15, -0.1) is 0 Å². The Kier molecular flexibility index (Phi) is 14.8. The van der Waals surface area contributed by atoms with Crippen LogP contribution in [0.2, 0.25) is 6.04 Å². The third kappa shape index (κ3) is 11.4. The van der Waals surface area contributed by atoms with Crippen molar-refractivity contribution in [1.82, 2.24) is 10.6 Å². The standard InChI is InChI=1S/C32H45N3O6Si/c1-3-41-42-21-11-18-34-32(38)40-20-19-39-31(37)23-33-17-10-4-5-16-30(36)35-24-27-13-7-6-12-26(27)22-25(2)28-14-8-9-15-29(28)35/h6-9,12-15,22,33H,3-5,10-11,16-21,23-24,42H2,1-2H3,(H,34,38)/b25-22-. The van der Waals surface area contributed by atoms with Gasteiger partial charge in [-0.25, -0.2) is 4.79 Å². The minimum Gasteiger partial charge on any atom is -0.461 e. The predicted molar refractivity (Wildman–Crippen MR) is 169 cm³/mol. The van der Waals surface area contributed by atoms with E-state index in [0.717, 1.165) is 66.3 Å². The molecular weight excluding hydrogens is 550 g/mol. The van der Waals surface area contributed by atoms with E-state index in [1.807, 2.05) is 42.2 Å². The zero-order valence-corrected chi connectivity index (χ0v) is 26.4. The van der Waals surface area contributed by atoms with Crippen LogP contribution in [0.1, 0.15) is 62.6 Å². The number of carbonyl (C=O) groups is 3. The molecular formula is C32H45N3O6Si. The highest BCUT2D eigenvalue weighted by Crippen LogP contribution is 2.33. The van der Waals surface area contributed by atoms with E-state index in [9.17, 15) is 14.4 Å². The number of anilines is 1. The highest BCUT2D eigenvalue weighted by Gasteiger charge is 2.22. The van der Waals surface area contributed by atoms with Gasteiger partial charge in [-0.3, -0.25) is 9.59 Å². The van der Waals surface area contributed by atoms with Crippen LogP contribution >= 0.6 is 0 Å². The van der Waals surface area contributed by atoms with E-state index >= 15 is 0 Å². The van der Waals surface area contributed by atoms with Crippen LogP contribution in [-0.4, -0.2) is 67.2 Å². The van der Waals surface area contributed by atoms with Crippen LogP contribution in [0.4, 0.5) is 10.5 Å². The molecule has 0 saturated carbocycles. The average molecular weight is 596 g/mol. The van der Waals surface area contributed by atoms with Gasteiger partial charge in [-0.05, 0) is 68.5 Å². The molecule has 0 spiro atoms. The van der Waals surface area contributed by atoms with Crippen molar-refractivity contribution in [2.45, 2.75) is 58.5 Å². The number of nitrogens with zero attached hydrogens (tertiary/aromatic N) is 1. The van der Waals surface area contributed by atoms with E-state index in [4.69, 9.17) is 13.9 Å². The summed E-state index contributed by atoms with van der Waals surface area (Å²) in [4.78, 5) is 38.8. The highest BCUT2D eigenvalue weighted by molar-refractivity contribution is 6.26. The number of hydrogen-bond acceptors (Lipinski definition) is 7. The zero-order chi connectivity index (χ0) is 30.0. The summed E-state index contributed by atoms with van der Waals surface area (Å²) in [6, 6.07) is 17.3. The van der Waals surface area contributed by atoms with E-state index in [1.165, 1.54) is 0 Å². The third-order valence-electron chi connectivity index (χ3n) is 6.96. The number of alkyl carbamates (subject to hydrolysis) is 1. The van der Waals surface area contributed by atoms with Gasteiger partial charge >= 0.3 is 12.1 Å². The van der Waals surface area contributed by atoms with Crippen molar-refractivity contribution in [1.29, 1.82) is 0 Å². The summed E-state index contributed by atoms with van der Waals surface area (Å²) < 4.78 is 15.5. The molecule has 0 radical (unpaired) electrons. The maximum atomic E-state index is 13.4. The van der Waals surface area contributed by atoms with Crippen molar-refractivity contribution < 1.29 is 28.3 Å². The Hall–Kier alpha value is -3.47. The van der Waals surface area contributed by atoms with E-state index in [0.29, 0.717) is 26.1 Å². The number of allylic oxidation sites excluding steroid dienone is 1. The second-order valence-electron chi connectivity index (χ2n) is 10.2. The van der Waals surface area contributed by atoms with Gasteiger partial charge in [0.05, 0.1) is 18.8 Å². The Morgan fingerprint density at radius 1 is 0.929 bits per heavy atom. The van der Waals surface area contributed by atoms with E-state index in [-0.39, 0.29) is 25.7 Å². The van der Waals surface area contributed by atoms with Crippen molar-refractivity contribution in [3.63, 3.8) is 0 Å². The number of benzene rings is 2. The minimum atomic E-state index is -0.506. The molecule has 0 atom stereocenters. The zero-order valence-electron chi connectivity index (χ0n) is 25.0. The van der Waals surface area contributed by atoms with Crippen LogP contribution < -0.4 is 15.5 Å². The van der Waals surface area contributed by atoms with Crippen molar-refractivity contribution in [2.24, 2.45) is 0 Å².